The third kappa shape index (κ3) is 4.47. The number of hydrogen-bond donors (Lipinski definition) is 1. The quantitative estimate of drug-likeness (QED) is 0.746. The van der Waals surface area contributed by atoms with Crippen LogP contribution in [-0.2, 0) is 4.74 Å². The van der Waals surface area contributed by atoms with Crippen molar-refractivity contribution < 1.29 is 14.6 Å². The summed E-state index contributed by atoms with van der Waals surface area (Å²) in [5, 5.41) is 9.02. The molecule has 0 unspecified atom stereocenters. The Morgan fingerprint density at radius 1 is 1.39 bits per heavy atom. The Kier molecular flexibility index (Phi) is 6.39. The molecule has 0 saturated heterocycles. The van der Waals surface area contributed by atoms with Crippen molar-refractivity contribution in [2.75, 3.05) is 33.4 Å². The predicted octanol–water partition coefficient (Wildman–Crippen LogP) is 1.47. The zero-order valence-electron chi connectivity index (χ0n) is 11.1. The molecule has 4 heteroatoms. The van der Waals surface area contributed by atoms with Crippen molar-refractivity contribution >= 4 is 5.91 Å². The van der Waals surface area contributed by atoms with E-state index < -0.39 is 0 Å². The molecule has 4 nitrogen and oxygen atoms in total. The van der Waals surface area contributed by atoms with E-state index >= 15 is 0 Å². The summed E-state index contributed by atoms with van der Waals surface area (Å²) in [7, 11) is 1.64. The first kappa shape index (κ1) is 14.7. The fourth-order valence-electron chi connectivity index (χ4n) is 1.80. The Labute approximate surface area is 108 Å². The van der Waals surface area contributed by atoms with Gasteiger partial charge in [-0.05, 0) is 25.5 Å². The van der Waals surface area contributed by atoms with Crippen molar-refractivity contribution in [3.05, 3.63) is 35.4 Å². The second-order valence-corrected chi connectivity index (χ2v) is 4.23. The lowest BCUT2D eigenvalue weighted by Crippen LogP contribution is -2.34. The van der Waals surface area contributed by atoms with Gasteiger partial charge in [0.25, 0.3) is 5.91 Å². The lowest BCUT2D eigenvalue weighted by atomic mass is 10.1. The highest BCUT2D eigenvalue weighted by molar-refractivity contribution is 5.94. The van der Waals surface area contributed by atoms with E-state index in [-0.39, 0.29) is 12.5 Å². The Bertz CT molecular complexity index is 379. The highest BCUT2D eigenvalue weighted by Crippen LogP contribution is 2.08. The number of aryl methyl sites for hydroxylation is 1. The third-order valence-corrected chi connectivity index (χ3v) is 2.70. The lowest BCUT2D eigenvalue weighted by molar-refractivity contribution is 0.0701. The molecule has 0 atom stereocenters. The molecule has 1 amide bonds. The first-order chi connectivity index (χ1) is 8.69. The fraction of sp³-hybridized carbons (Fsp3) is 0.500. The Morgan fingerprint density at radius 2 is 2.17 bits per heavy atom. The predicted molar refractivity (Wildman–Crippen MR) is 70.7 cm³/mol. The average molecular weight is 251 g/mol. The molecule has 1 N–H and O–H groups in total. The van der Waals surface area contributed by atoms with Crippen LogP contribution in [0.5, 0.6) is 0 Å². The molecule has 0 heterocycles. The SMILES string of the molecule is COCCCN(CCO)C(=O)c1cccc(C)c1. The number of benzene rings is 1. The molecule has 0 fully saturated rings. The molecular formula is C14H21NO3. The van der Waals surface area contributed by atoms with Crippen LogP contribution in [0.25, 0.3) is 0 Å². The Hall–Kier alpha value is -1.39. The van der Waals surface area contributed by atoms with Gasteiger partial charge in [0.1, 0.15) is 0 Å². The summed E-state index contributed by atoms with van der Waals surface area (Å²) in [5.74, 6) is -0.0381. The lowest BCUT2D eigenvalue weighted by Gasteiger charge is -2.21. The number of rotatable bonds is 7. The first-order valence-corrected chi connectivity index (χ1v) is 6.14. The number of hydrogen-bond acceptors (Lipinski definition) is 3. The van der Waals surface area contributed by atoms with Crippen molar-refractivity contribution in [1.29, 1.82) is 0 Å². The zero-order chi connectivity index (χ0) is 13.4. The van der Waals surface area contributed by atoms with Crippen molar-refractivity contribution in [2.45, 2.75) is 13.3 Å². The minimum Gasteiger partial charge on any atom is -0.395 e. The van der Waals surface area contributed by atoms with Gasteiger partial charge in [0.2, 0.25) is 0 Å². The molecule has 0 radical (unpaired) electrons. The molecule has 18 heavy (non-hydrogen) atoms. The molecular weight excluding hydrogens is 230 g/mol. The van der Waals surface area contributed by atoms with E-state index in [1.165, 1.54) is 0 Å². The molecule has 0 aliphatic heterocycles. The number of aliphatic hydroxyl groups is 1. The highest BCUT2D eigenvalue weighted by atomic mass is 16.5. The van der Waals surface area contributed by atoms with Crippen molar-refractivity contribution in [3.8, 4) is 0 Å². The molecule has 0 aromatic heterocycles. The number of nitrogens with zero attached hydrogens (tertiary/aromatic N) is 1. The summed E-state index contributed by atoms with van der Waals surface area (Å²) < 4.78 is 4.97. The molecule has 0 aliphatic carbocycles. The summed E-state index contributed by atoms with van der Waals surface area (Å²) in [5.41, 5.74) is 1.72. The van der Waals surface area contributed by atoms with E-state index in [2.05, 4.69) is 0 Å². The monoisotopic (exact) mass is 251 g/mol. The minimum atomic E-state index is -0.0381. The van der Waals surface area contributed by atoms with Gasteiger partial charge in [-0.2, -0.15) is 0 Å². The topological polar surface area (TPSA) is 49.8 Å². The maximum Gasteiger partial charge on any atom is 0.253 e. The normalized spacial score (nSPS) is 10.4. The maximum absolute atomic E-state index is 12.3. The molecule has 0 spiro atoms. The number of carbonyl (C=O) groups is 1. The van der Waals surface area contributed by atoms with Crippen LogP contribution in [0.4, 0.5) is 0 Å². The summed E-state index contributed by atoms with van der Waals surface area (Å²) in [6, 6.07) is 7.49. The van der Waals surface area contributed by atoms with E-state index in [4.69, 9.17) is 9.84 Å². The summed E-state index contributed by atoms with van der Waals surface area (Å²) >= 11 is 0. The Morgan fingerprint density at radius 3 is 2.78 bits per heavy atom. The van der Waals surface area contributed by atoms with Crippen molar-refractivity contribution in [3.63, 3.8) is 0 Å². The molecule has 0 aliphatic rings. The van der Waals surface area contributed by atoms with Crippen LogP contribution in [0.2, 0.25) is 0 Å². The van der Waals surface area contributed by atoms with Gasteiger partial charge >= 0.3 is 0 Å². The molecule has 1 rings (SSSR count). The van der Waals surface area contributed by atoms with Crippen LogP contribution >= 0.6 is 0 Å². The number of amides is 1. The minimum absolute atomic E-state index is 0.0233. The van der Waals surface area contributed by atoms with Gasteiger partial charge in [0.05, 0.1) is 6.61 Å². The first-order valence-electron chi connectivity index (χ1n) is 6.14. The van der Waals surface area contributed by atoms with E-state index in [1.807, 2.05) is 25.1 Å². The number of carbonyl (C=O) groups excluding carboxylic acids is 1. The highest BCUT2D eigenvalue weighted by Gasteiger charge is 2.14. The van der Waals surface area contributed by atoms with Gasteiger partial charge in [-0.3, -0.25) is 4.79 Å². The van der Waals surface area contributed by atoms with E-state index in [0.29, 0.717) is 25.3 Å². The second-order valence-electron chi connectivity index (χ2n) is 4.23. The zero-order valence-corrected chi connectivity index (χ0v) is 11.1. The van der Waals surface area contributed by atoms with Crippen molar-refractivity contribution in [2.24, 2.45) is 0 Å². The standard InChI is InChI=1S/C14H21NO3/c1-12-5-3-6-13(11-12)14(17)15(8-9-16)7-4-10-18-2/h3,5-6,11,16H,4,7-10H2,1-2H3. The Balaban J connectivity index is 2.69. The van der Waals surface area contributed by atoms with Gasteiger partial charge in [-0.1, -0.05) is 17.7 Å². The maximum atomic E-state index is 12.3. The van der Waals surface area contributed by atoms with E-state index in [0.717, 1.165) is 12.0 Å². The third-order valence-electron chi connectivity index (χ3n) is 2.70. The van der Waals surface area contributed by atoms with Crippen LogP contribution in [0.15, 0.2) is 24.3 Å². The average Bonchev–Trinajstić information content (AvgIpc) is 2.37. The molecule has 1 aromatic rings. The summed E-state index contributed by atoms with van der Waals surface area (Å²) in [6.07, 6.45) is 0.772. The second kappa shape index (κ2) is 7.84. The molecule has 1 aromatic carbocycles. The van der Waals surface area contributed by atoms with E-state index in [1.54, 1.807) is 18.1 Å². The smallest absolute Gasteiger partial charge is 0.253 e. The molecule has 0 saturated carbocycles. The van der Waals surface area contributed by atoms with Gasteiger partial charge in [0.15, 0.2) is 0 Å². The summed E-state index contributed by atoms with van der Waals surface area (Å²) in [6.45, 7) is 3.50. The van der Waals surface area contributed by atoms with Gasteiger partial charge < -0.3 is 14.7 Å². The van der Waals surface area contributed by atoms with E-state index in [9.17, 15) is 4.79 Å². The number of aliphatic hydroxyl groups excluding tert-OH is 1. The van der Waals surface area contributed by atoms with Crippen LogP contribution in [0, 0.1) is 6.92 Å². The summed E-state index contributed by atoms with van der Waals surface area (Å²) in [4.78, 5) is 13.9. The largest absolute Gasteiger partial charge is 0.395 e. The van der Waals surface area contributed by atoms with Crippen LogP contribution in [0.1, 0.15) is 22.3 Å². The molecule has 100 valence electrons. The fourth-order valence-corrected chi connectivity index (χ4v) is 1.80. The van der Waals surface area contributed by atoms with Crippen LogP contribution in [-0.4, -0.2) is 49.3 Å². The number of methoxy groups -OCH3 is 1. The van der Waals surface area contributed by atoms with Crippen LogP contribution < -0.4 is 0 Å². The van der Waals surface area contributed by atoms with Crippen LogP contribution in [0.3, 0.4) is 0 Å². The van der Waals surface area contributed by atoms with Gasteiger partial charge in [-0.15, -0.1) is 0 Å². The van der Waals surface area contributed by atoms with Gasteiger partial charge in [-0.25, -0.2) is 0 Å². The molecule has 0 bridgehead atoms. The van der Waals surface area contributed by atoms with Crippen molar-refractivity contribution in [1.82, 2.24) is 4.90 Å². The number of ether oxygens (including phenoxy) is 1. The van der Waals surface area contributed by atoms with Gasteiger partial charge in [0, 0.05) is 32.4 Å².